The van der Waals surface area contributed by atoms with Crippen molar-refractivity contribution in [3.63, 3.8) is 0 Å². The highest BCUT2D eigenvalue weighted by molar-refractivity contribution is 8.01. The van der Waals surface area contributed by atoms with Crippen molar-refractivity contribution in [1.82, 2.24) is 4.98 Å². The first-order chi connectivity index (χ1) is 11.2. The molecule has 2 atom stereocenters. The molecule has 2 fully saturated rings. The van der Waals surface area contributed by atoms with Gasteiger partial charge >= 0.3 is 0 Å². The van der Waals surface area contributed by atoms with E-state index in [4.69, 9.17) is 0 Å². The number of imide groups is 1. The number of amides is 2. The molecule has 4 nitrogen and oxygen atoms in total. The summed E-state index contributed by atoms with van der Waals surface area (Å²) >= 11 is 3.34. The Kier molecular flexibility index (Phi) is 3.89. The van der Waals surface area contributed by atoms with Gasteiger partial charge < -0.3 is 0 Å². The Morgan fingerprint density at radius 3 is 2.57 bits per heavy atom. The van der Waals surface area contributed by atoms with Gasteiger partial charge in [0.2, 0.25) is 11.8 Å². The molecule has 0 N–H and O–H groups in total. The number of rotatable bonds is 3. The van der Waals surface area contributed by atoms with Gasteiger partial charge in [-0.1, -0.05) is 31.5 Å². The molecule has 2 amide bonds. The van der Waals surface area contributed by atoms with Crippen molar-refractivity contribution >= 4 is 50.8 Å². The molecule has 0 spiro atoms. The van der Waals surface area contributed by atoms with E-state index < -0.39 is 0 Å². The summed E-state index contributed by atoms with van der Waals surface area (Å²) in [5, 5.41) is 0. The standard InChI is InChI=1S/C17H18N2O2S2/c1-2-22-17-18-13-8-7-10(9-14(13)23-17)19-15(20)11-5-3-4-6-12(11)16(19)21/h7-9,11-12H,2-6H2,1H3/t11-,12-/m1/s1. The molecule has 1 saturated heterocycles. The van der Waals surface area contributed by atoms with Crippen molar-refractivity contribution in [1.29, 1.82) is 0 Å². The Morgan fingerprint density at radius 1 is 1.22 bits per heavy atom. The molecule has 2 heterocycles. The molecule has 0 radical (unpaired) electrons. The van der Waals surface area contributed by atoms with Gasteiger partial charge in [0.15, 0.2) is 4.34 Å². The number of nitrogens with zero attached hydrogens (tertiary/aromatic N) is 2. The highest BCUT2D eigenvalue weighted by Gasteiger charge is 2.48. The van der Waals surface area contributed by atoms with E-state index in [9.17, 15) is 9.59 Å². The Labute approximate surface area is 143 Å². The summed E-state index contributed by atoms with van der Waals surface area (Å²) < 4.78 is 2.07. The number of benzene rings is 1. The minimum Gasteiger partial charge on any atom is -0.274 e. The van der Waals surface area contributed by atoms with E-state index in [1.165, 1.54) is 4.90 Å². The molecule has 120 valence electrons. The van der Waals surface area contributed by atoms with Gasteiger partial charge in [0, 0.05) is 0 Å². The predicted octanol–water partition coefficient (Wildman–Crippen LogP) is 4.09. The molecule has 23 heavy (non-hydrogen) atoms. The molecule has 4 rings (SSSR count). The summed E-state index contributed by atoms with van der Waals surface area (Å²) in [5.74, 6) is 0.775. The number of thiazole rings is 1. The summed E-state index contributed by atoms with van der Waals surface area (Å²) in [6.07, 6.45) is 3.82. The first kappa shape index (κ1) is 15.1. The third-order valence-electron chi connectivity index (χ3n) is 4.72. The molecule has 1 aliphatic carbocycles. The molecule has 1 aliphatic heterocycles. The van der Waals surface area contributed by atoms with Crippen LogP contribution in [0.15, 0.2) is 22.5 Å². The number of thioether (sulfide) groups is 1. The average Bonchev–Trinajstić information content (AvgIpc) is 3.07. The molecule has 2 aliphatic rings. The van der Waals surface area contributed by atoms with Gasteiger partial charge in [0.25, 0.3) is 0 Å². The molecule has 1 aromatic heterocycles. The van der Waals surface area contributed by atoms with Crippen molar-refractivity contribution in [3.8, 4) is 0 Å². The third-order valence-corrected chi connectivity index (χ3v) is 6.76. The summed E-state index contributed by atoms with van der Waals surface area (Å²) in [5.41, 5.74) is 1.64. The zero-order chi connectivity index (χ0) is 16.0. The average molecular weight is 346 g/mol. The lowest BCUT2D eigenvalue weighted by atomic mass is 9.81. The van der Waals surface area contributed by atoms with Crippen molar-refractivity contribution in [2.75, 3.05) is 10.7 Å². The second-order valence-electron chi connectivity index (χ2n) is 6.07. The normalized spacial score (nSPS) is 24.5. The van der Waals surface area contributed by atoms with E-state index in [0.29, 0.717) is 5.69 Å². The largest absolute Gasteiger partial charge is 0.274 e. The minimum absolute atomic E-state index is 0.00766. The van der Waals surface area contributed by atoms with Crippen LogP contribution in [-0.2, 0) is 9.59 Å². The van der Waals surface area contributed by atoms with Crippen LogP contribution in [0.4, 0.5) is 5.69 Å². The van der Waals surface area contributed by atoms with Gasteiger partial charge in [0.1, 0.15) is 0 Å². The van der Waals surface area contributed by atoms with E-state index in [1.54, 1.807) is 23.1 Å². The quantitative estimate of drug-likeness (QED) is 0.620. The Bertz CT molecular complexity index is 762. The van der Waals surface area contributed by atoms with Crippen LogP contribution < -0.4 is 4.90 Å². The van der Waals surface area contributed by atoms with Crippen LogP contribution in [0.2, 0.25) is 0 Å². The van der Waals surface area contributed by atoms with Crippen molar-refractivity contribution in [2.45, 2.75) is 36.9 Å². The van der Waals surface area contributed by atoms with E-state index in [-0.39, 0.29) is 23.7 Å². The van der Waals surface area contributed by atoms with Crippen molar-refractivity contribution < 1.29 is 9.59 Å². The summed E-state index contributed by atoms with van der Waals surface area (Å²) in [6.45, 7) is 2.10. The second-order valence-corrected chi connectivity index (χ2v) is 8.62. The monoisotopic (exact) mass is 346 g/mol. The molecule has 1 saturated carbocycles. The molecular formula is C17H18N2O2S2. The van der Waals surface area contributed by atoms with Crippen LogP contribution >= 0.6 is 23.1 Å². The minimum atomic E-state index is -0.0976. The number of aromatic nitrogens is 1. The third kappa shape index (κ3) is 2.48. The molecule has 0 bridgehead atoms. The lowest BCUT2D eigenvalue weighted by Crippen LogP contribution is -2.30. The lowest BCUT2D eigenvalue weighted by molar-refractivity contribution is -0.122. The Morgan fingerprint density at radius 2 is 1.91 bits per heavy atom. The Balaban J connectivity index is 1.70. The SMILES string of the molecule is CCSc1nc2ccc(N3C(=O)[C@@H]4CCCC[C@H]4C3=O)cc2s1. The summed E-state index contributed by atoms with van der Waals surface area (Å²) in [7, 11) is 0. The van der Waals surface area contributed by atoms with Crippen LogP contribution in [0.5, 0.6) is 0 Å². The van der Waals surface area contributed by atoms with Crippen LogP contribution in [0.25, 0.3) is 10.2 Å². The fourth-order valence-corrected chi connectivity index (χ4v) is 5.63. The topological polar surface area (TPSA) is 50.3 Å². The fourth-order valence-electron chi connectivity index (χ4n) is 3.63. The van der Waals surface area contributed by atoms with Crippen LogP contribution in [0.3, 0.4) is 0 Å². The fraction of sp³-hybridized carbons (Fsp3) is 0.471. The predicted molar refractivity (Wildman–Crippen MR) is 94.0 cm³/mol. The van der Waals surface area contributed by atoms with Gasteiger partial charge in [-0.2, -0.15) is 0 Å². The number of hydrogen-bond acceptors (Lipinski definition) is 5. The number of hydrogen-bond donors (Lipinski definition) is 0. The zero-order valence-electron chi connectivity index (χ0n) is 12.9. The number of fused-ring (bicyclic) bond motifs is 2. The summed E-state index contributed by atoms with van der Waals surface area (Å²) in [6, 6.07) is 5.72. The lowest BCUT2D eigenvalue weighted by Gasteiger charge is -2.19. The maximum Gasteiger partial charge on any atom is 0.237 e. The molecular weight excluding hydrogens is 328 g/mol. The summed E-state index contributed by atoms with van der Waals surface area (Å²) in [4.78, 5) is 31.4. The number of anilines is 1. The van der Waals surface area contributed by atoms with Crippen LogP contribution in [0.1, 0.15) is 32.6 Å². The highest BCUT2D eigenvalue weighted by atomic mass is 32.2. The van der Waals surface area contributed by atoms with E-state index in [0.717, 1.165) is 46.0 Å². The van der Waals surface area contributed by atoms with Gasteiger partial charge in [-0.15, -0.1) is 11.3 Å². The van der Waals surface area contributed by atoms with E-state index in [2.05, 4.69) is 11.9 Å². The van der Waals surface area contributed by atoms with Gasteiger partial charge in [0.05, 0.1) is 27.7 Å². The molecule has 6 heteroatoms. The smallest absolute Gasteiger partial charge is 0.237 e. The number of carbonyl (C=O) groups is 2. The van der Waals surface area contributed by atoms with E-state index >= 15 is 0 Å². The van der Waals surface area contributed by atoms with Crippen molar-refractivity contribution in [2.24, 2.45) is 11.8 Å². The first-order valence-electron chi connectivity index (χ1n) is 8.10. The zero-order valence-corrected chi connectivity index (χ0v) is 14.6. The highest BCUT2D eigenvalue weighted by Crippen LogP contribution is 2.41. The first-order valence-corrected chi connectivity index (χ1v) is 9.90. The van der Waals surface area contributed by atoms with Gasteiger partial charge in [-0.25, -0.2) is 4.98 Å². The van der Waals surface area contributed by atoms with Gasteiger partial charge in [-0.05, 0) is 36.8 Å². The molecule has 0 unspecified atom stereocenters. The molecule has 1 aromatic carbocycles. The number of carbonyl (C=O) groups excluding carboxylic acids is 2. The maximum absolute atomic E-state index is 12.7. The Hall–Kier alpha value is -1.40. The molecule has 2 aromatic rings. The second kappa shape index (κ2) is 5.91. The van der Waals surface area contributed by atoms with Crippen LogP contribution in [0, 0.1) is 11.8 Å². The van der Waals surface area contributed by atoms with Gasteiger partial charge in [-0.3, -0.25) is 14.5 Å². The van der Waals surface area contributed by atoms with E-state index in [1.807, 2.05) is 18.2 Å². The maximum atomic E-state index is 12.7. The van der Waals surface area contributed by atoms with Crippen LogP contribution in [-0.4, -0.2) is 22.6 Å². The van der Waals surface area contributed by atoms with Crippen molar-refractivity contribution in [3.05, 3.63) is 18.2 Å².